The number of rotatable bonds is 2. The second-order valence-corrected chi connectivity index (χ2v) is 6.87. The number of phenolic OH excluding ortho intramolecular Hbond substituents is 1. The number of carbonyl (C=O) groups is 1. The second kappa shape index (κ2) is 7.27. The lowest BCUT2D eigenvalue weighted by Gasteiger charge is -2.36. The minimum atomic E-state index is -4.39. The molecule has 0 aliphatic carbocycles. The fraction of sp³-hybridized carbons (Fsp3) is 0.238. The molecular weight excluding hydrogens is 383 g/mol. The molecule has 29 heavy (non-hydrogen) atoms. The van der Waals surface area contributed by atoms with Crippen LogP contribution in [0.2, 0.25) is 0 Å². The van der Waals surface area contributed by atoms with Crippen LogP contribution in [0, 0.1) is 0 Å². The number of aromatic hydroxyl groups is 1. The van der Waals surface area contributed by atoms with Gasteiger partial charge in [-0.15, -0.1) is 0 Å². The zero-order valence-electron chi connectivity index (χ0n) is 15.4. The van der Waals surface area contributed by atoms with Gasteiger partial charge in [-0.05, 0) is 30.3 Å². The molecule has 2 aromatic carbocycles. The number of carbonyl (C=O) groups excluding carboxylic acids is 1. The third kappa shape index (κ3) is 3.83. The maximum atomic E-state index is 12.9. The molecule has 1 aliphatic rings. The minimum absolute atomic E-state index is 0.00603. The third-order valence-corrected chi connectivity index (χ3v) is 5.02. The van der Waals surface area contributed by atoms with Crippen LogP contribution in [0.1, 0.15) is 16.1 Å². The highest BCUT2D eigenvalue weighted by Crippen LogP contribution is 2.32. The number of aromatic nitrogens is 1. The average Bonchev–Trinajstić information content (AvgIpc) is 2.73. The summed E-state index contributed by atoms with van der Waals surface area (Å²) in [6.07, 6.45) is -4.39. The third-order valence-electron chi connectivity index (χ3n) is 5.02. The Morgan fingerprint density at radius 2 is 1.69 bits per heavy atom. The van der Waals surface area contributed by atoms with Gasteiger partial charge < -0.3 is 14.9 Å². The van der Waals surface area contributed by atoms with Crippen LogP contribution in [0.3, 0.4) is 0 Å². The summed E-state index contributed by atoms with van der Waals surface area (Å²) in [5.41, 5.74) is 0.391. The van der Waals surface area contributed by atoms with Gasteiger partial charge in [-0.1, -0.05) is 24.3 Å². The zero-order valence-corrected chi connectivity index (χ0v) is 15.4. The predicted octanol–water partition coefficient (Wildman–Crippen LogP) is 3.92. The molecule has 1 fully saturated rings. The van der Waals surface area contributed by atoms with Crippen molar-refractivity contribution >= 4 is 22.5 Å². The summed E-state index contributed by atoms with van der Waals surface area (Å²) >= 11 is 0. The monoisotopic (exact) mass is 401 g/mol. The van der Waals surface area contributed by atoms with Crippen LogP contribution in [0.25, 0.3) is 10.9 Å². The molecule has 3 aromatic rings. The van der Waals surface area contributed by atoms with Gasteiger partial charge in [0, 0.05) is 37.3 Å². The quantitative estimate of drug-likeness (QED) is 0.707. The zero-order chi connectivity index (χ0) is 20.6. The number of benzene rings is 2. The predicted molar refractivity (Wildman–Crippen MR) is 103 cm³/mol. The number of anilines is 1. The van der Waals surface area contributed by atoms with E-state index in [1.807, 2.05) is 4.90 Å². The Labute approximate surface area is 165 Å². The Bertz CT molecular complexity index is 1060. The molecule has 1 N–H and O–H groups in total. The highest BCUT2D eigenvalue weighted by molar-refractivity contribution is 5.96. The summed E-state index contributed by atoms with van der Waals surface area (Å²) in [6, 6.07) is 13.6. The van der Waals surface area contributed by atoms with Gasteiger partial charge in [0.2, 0.25) is 0 Å². The molecule has 8 heteroatoms. The van der Waals surface area contributed by atoms with Crippen LogP contribution in [-0.2, 0) is 6.18 Å². The second-order valence-electron chi connectivity index (χ2n) is 6.87. The van der Waals surface area contributed by atoms with Gasteiger partial charge in [0.15, 0.2) is 0 Å². The smallest absolute Gasteiger partial charge is 0.416 e. The van der Waals surface area contributed by atoms with Gasteiger partial charge in [-0.2, -0.15) is 13.2 Å². The van der Waals surface area contributed by atoms with Gasteiger partial charge in [-0.25, -0.2) is 4.98 Å². The van der Waals surface area contributed by atoms with E-state index >= 15 is 0 Å². The van der Waals surface area contributed by atoms with Crippen molar-refractivity contribution in [3.63, 3.8) is 0 Å². The number of hydrogen-bond donors (Lipinski definition) is 1. The van der Waals surface area contributed by atoms with Gasteiger partial charge in [0.05, 0.1) is 5.56 Å². The molecule has 4 rings (SSSR count). The highest BCUT2D eigenvalue weighted by Gasteiger charge is 2.31. The molecular formula is C21H18F3N3O2. The number of piperazine rings is 1. The molecule has 150 valence electrons. The van der Waals surface area contributed by atoms with E-state index in [1.54, 1.807) is 35.2 Å². The standard InChI is InChI=1S/C21H18F3N3O2/c22-21(23,24)15-4-2-5-16(13-15)26-9-11-27(12-10-26)20(29)17-8-7-14-3-1-6-18(28)19(14)25-17/h1-8,13,28H,9-12H2. The molecule has 1 aromatic heterocycles. The summed E-state index contributed by atoms with van der Waals surface area (Å²) in [6.45, 7) is 1.59. The Hall–Kier alpha value is -3.29. The first-order chi connectivity index (χ1) is 13.8. The fourth-order valence-corrected chi connectivity index (χ4v) is 3.46. The largest absolute Gasteiger partial charge is 0.506 e. The molecule has 1 amide bonds. The van der Waals surface area contributed by atoms with Crippen LogP contribution < -0.4 is 4.90 Å². The summed E-state index contributed by atoms with van der Waals surface area (Å²) in [4.78, 5) is 20.5. The molecule has 2 heterocycles. The van der Waals surface area contributed by atoms with E-state index in [2.05, 4.69) is 4.98 Å². The van der Waals surface area contributed by atoms with E-state index in [-0.39, 0.29) is 17.4 Å². The summed E-state index contributed by atoms with van der Waals surface area (Å²) in [5.74, 6) is -0.259. The van der Waals surface area contributed by atoms with E-state index < -0.39 is 11.7 Å². The Morgan fingerprint density at radius 3 is 2.41 bits per heavy atom. The molecule has 1 aliphatic heterocycles. The molecule has 0 spiro atoms. The van der Waals surface area contributed by atoms with Crippen molar-refractivity contribution in [3.8, 4) is 5.75 Å². The average molecular weight is 401 g/mol. The molecule has 0 unspecified atom stereocenters. The van der Waals surface area contributed by atoms with Crippen molar-refractivity contribution in [2.45, 2.75) is 6.18 Å². The van der Waals surface area contributed by atoms with E-state index in [1.165, 1.54) is 12.1 Å². The van der Waals surface area contributed by atoms with Crippen LogP contribution in [0.5, 0.6) is 5.75 Å². The summed E-state index contributed by atoms with van der Waals surface area (Å²) in [7, 11) is 0. The number of amides is 1. The molecule has 1 saturated heterocycles. The number of para-hydroxylation sites is 1. The van der Waals surface area contributed by atoms with E-state index in [4.69, 9.17) is 0 Å². The Balaban J connectivity index is 1.47. The first-order valence-corrected chi connectivity index (χ1v) is 9.13. The number of phenols is 1. The number of fused-ring (bicyclic) bond motifs is 1. The van der Waals surface area contributed by atoms with Gasteiger partial charge >= 0.3 is 6.18 Å². The number of alkyl halides is 3. The van der Waals surface area contributed by atoms with Crippen molar-refractivity contribution in [1.82, 2.24) is 9.88 Å². The molecule has 0 saturated carbocycles. The number of hydrogen-bond acceptors (Lipinski definition) is 4. The van der Waals surface area contributed by atoms with Gasteiger partial charge in [-0.3, -0.25) is 4.79 Å². The topological polar surface area (TPSA) is 56.7 Å². The lowest BCUT2D eigenvalue weighted by atomic mass is 10.1. The first-order valence-electron chi connectivity index (χ1n) is 9.13. The fourth-order valence-electron chi connectivity index (χ4n) is 3.46. The van der Waals surface area contributed by atoms with Gasteiger partial charge in [0.1, 0.15) is 17.0 Å². The Kier molecular flexibility index (Phi) is 4.77. The van der Waals surface area contributed by atoms with Crippen molar-refractivity contribution in [3.05, 3.63) is 65.9 Å². The van der Waals surface area contributed by atoms with Crippen LogP contribution in [0.4, 0.5) is 18.9 Å². The van der Waals surface area contributed by atoms with Gasteiger partial charge in [0.25, 0.3) is 5.91 Å². The van der Waals surface area contributed by atoms with E-state index in [9.17, 15) is 23.1 Å². The van der Waals surface area contributed by atoms with Crippen molar-refractivity contribution in [1.29, 1.82) is 0 Å². The molecule has 0 bridgehead atoms. The summed E-state index contributed by atoms with van der Waals surface area (Å²) < 4.78 is 38.8. The van der Waals surface area contributed by atoms with Crippen molar-refractivity contribution < 1.29 is 23.1 Å². The van der Waals surface area contributed by atoms with Crippen molar-refractivity contribution in [2.24, 2.45) is 0 Å². The van der Waals surface area contributed by atoms with Crippen LogP contribution in [0.15, 0.2) is 54.6 Å². The molecule has 0 radical (unpaired) electrons. The Morgan fingerprint density at radius 1 is 0.966 bits per heavy atom. The normalized spacial score (nSPS) is 15.0. The maximum absolute atomic E-state index is 12.9. The molecule has 5 nitrogen and oxygen atoms in total. The van der Waals surface area contributed by atoms with Crippen molar-refractivity contribution in [2.75, 3.05) is 31.1 Å². The van der Waals surface area contributed by atoms with E-state index in [0.29, 0.717) is 37.4 Å². The van der Waals surface area contributed by atoms with Crippen LogP contribution >= 0.6 is 0 Å². The number of halogens is 3. The lowest BCUT2D eigenvalue weighted by molar-refractivity contribution is -0.137. The molecule has 0 atom stereocenters. The minimum Gasteiger partial charge on any atom is -0.506 e. The summed E-state index contributed by atoms with van der Waals surface area (Å²) in [5, 5.41) is 10.7. The van der Waals surface area contributed by atoms with E-state index in [0.717, 1.165) is 17.5 Å². The number of nitrogens with zero attached hydrogens (tertiary/aromatic N) is 3. The SMILES string of the molecule is O=C(c1ccc2cccc(O)c2n1)N1CCN(c2cccc(C(F)(F)F)c2)CC1. The van der Waals surface area contributed by atoms with Crippen LogP contribution in [-0.4, -0.2) is 47.1 Å². The maximum Gasteiger partial charge on any atom is 0.416 e. The highest BCUT2D eigenvalue weighted by atomic mass is 19.4. The first kappa shape index (κ1) is 19.0. The lowest BCUT2D eigenvalue weighted by Crippen LogP contribution is -2.49. The number of pyridine rings is 1.